The molecule has 8 unspecified atom stereocenters. The van der Waals surface area contributed by atoms with E-state index in [0.717, 1.165) is 48.0 Å². The molecule has 5 rings (SSSR count). The lowest BCUT2D eigenvalue weighted by molar-refractivity contribution is -0.0680. The van der Waals surface area contributed by atoms with Crippen molar-refractivity contribution in [3.63, 3.8) is 0 Å². The summed E-state index contributed by atoms with van der Waals surface area (Å²) in [7, 11) is 0. The highest BCUT2D eigenvalue weighted by Crippen LogP contribution is 2.65. The van der Waals surface area contributed by atoms with Crippen LogP contribution in [0.3, 0.4) is 0 Å². The zero-order valence-electron chi connectivity index (χ0n) is 20.5. The first-order valence-corrected chi connectivity index (χ1v) is 13.5. The third kappa shape index (κ3) is 4.34. The zero-order chi connectivity index (χ0) is 22.0. The number of nitrogens with zero attached hydrogens (tertiary/aromatic N) is 3. The molecule has 0 aromatic carbocycles. The van der Waals surface area contributed by atoms with Crippen molar-refractivity contribution in [1.29, 1.82) is 5.26 Å². The summed E-state index contributed by atoms with van der Waals surface area (Å²) in [5.74, 6) is 7.13. The van der Waals surface area contributed by atoms with Gasteiger partial charge in [-0.25, -0.2) is 0 Å². The minimum atomic E-state index is 0.595. The van der Waals surface area contributed by atoms with Crippen molar-refractivity contribution in [2.45, 2.75) is 105 Å². The van der Waals surface area contributed by atoms with Crippen molar-refractivity contribution in [3.05, 3.63) is 18.0 Å². The summed E-state index contributed by atoms with van der Waals surface area (Å²) in [4.78, 5) is 0. The fraction of sp³-hybridized carbons (Fsp3) is 0.857. The van der Waals surface area contributed by atoms with E-state index in [1.54, 1.807) is 6.20 Å². The van der Waals surface area contributed by atoms with Crippen LogP contribution in [0.5, 0.6) is 0 Å². The second-order valence-corrected chi connectivity index (χ2v) is 11.4. The molecule has 0 bridgehead atoms. The van der Waals surface area contributed by atoms with Crippen LogP contribution in [-0.2, 0) is 6.54 Å². The number of rotatable bonds is 4. The molecule has 1 aromatic heterocycles. The van der Waals surface area contributed by atoms with E-state index >= 15 is 0 Å². The summed E-state index contributed by atoms with van der Waals surface area (Å²) < 4.78 is 1.97. The number of fused-ring (bicyclic) bond motifs is 5. The summed E-state index contributed by atoms with van der Waals surface area (Å²) in [6.45, 7) is 10.1. The third-order valence-electron chi connectivity index (χ3n) is 10.1. The normalized spacial score (nSPS) is 41.2. The van der Waals surface area contributed by atoms with E-state index in [1.165, 1.54) is 70.6 Å². The first-order valence-electron chi connectivity index (χ1n) is 13.5. The van der Waals surface area contributed by atoms with E-state index in [4.69, 9.17) is 5.26 Å². The molecule has 0 aliphatic heterocycles. The molecule has 4 saturated carbocycles. The van der Waals surface area contributed by atoms with Crippen molar-refractivity contribution in [2.75, 3.05) is 0 Å². The topological polar surface area (TPSA) is 41.6 Å². The summed E-state index contributed by atoms with van der Waals surface area (Å²) in [6, 6.07) is 2.19. The summed E-state index contributed by atoms with van der Waals surface area (Å²) >= 11 is 0. The van der Waals surface area contributed by atoms with Gasteiger partial charge in [0.2, 0.25) is 0 Å². The van der Waals surface area contributed by atoms with Crippen LogP contribution in [0.1, 0.15) is 104 Å². The predicted octanol–water partition coefficient (Wildman–Crippen LogP) is 7.47. The Hall–Kier alpha value is -1.30. The Morgan fingerprint density at radius 3 is 2.65 bits per heavy atom. The van der Waals surface area contributed by atoms with Crippen molar-refractivity contribution < 1.29 is 0 Å². The Labute approximate surface area is 191 Å². The van der Waals surface area contributed by atoms with E-state index in [2.05, 4.69) is 25.0 Å². The lowest BCUT2D eigenvalue weighted by Crippen LogP contribution is -2.48. The van der Waals surface area contributed by atoms with Crippen LogP contribution in [0.4, 0.5) is 0 Å². The van der Waals surface area contributed by atoms with Gasteiger partial charge < -0.3 is 0 Å². The van der Waals surface area contributed by atoms with Gasteiger partial charge in [-0.15, -0.1) is 0 Å². The van der Waals surface area contributed by atoms with Crippen molar-refractivity contribution in [2.24, 2.45) is 46.8 Å². The Morgan fingerprint density at radius 1 is 1.06 bits per heavy atom. The Kier molecular flexibility index (Phi) is 7.14. The molecular formula is C28H45N3. The van der Waals surface area contributed by atoms with Gasteiger partial charge in [-0.1, -0.05) is 34.1 Å². The highest BCUT2D eigenvalue weighted by molar-refractivity contribution is 5.21. The molecule has 4 fully saturated rings. The number of nitriles is 1. The lowest BCUT2D eigenvalue weighted by Gasteiger charge is -2.56. The highest BCUT2D eigenvalue weighted by atomic mass is 15.3. The maximum absolute atomic E-state index is 8.99. The minimum Gasteiger partial charge on any atom is -0.271 e. The Morgan fingerprint density at radius 2 is 1.87 bits per heavy atom. The molecule has 0 amide bonds. The standard InChI is InChI=1S/C26H39N3.C2H6/c1-18-5-8-22-20(14-18)6-9-24-23(22)11-12-26(2)21(7-10-25(24)26)4-3-13-29-17-19(15-27)16-28-29;1-2/h16-18,20-25H,3-14H2,1-2H3;1-2H3. The average molecular weight is 424 g/mol. The van der Waals surface area contributed by atoms with Crippen LogP contribution in [0, 0.1) is 58.2 Å². The molecule has 3 heteroatoms. The SMILES string of the molecule is CC.CC1CCC2C(CCC3C2CCC2(C)C(CCCn4cc(C#N)cn4)CCC32)C1. The number of hydrogen-bond acceptors (Lipinski definition) is 2. The van der Waals surface area contributed by atoms with E-state index in [-0.39, 0.29) is 0 Å². The summed E-state index contributed by atoms with van der Waals surface area (Å²) in [6.07, 6.45) is 19.7. The van der Waals surface area contributed by atoms with Gasteiger partial charge in [-0.3, -0.25) is 4.68 Å². The third-order valence-corrected chi connectivity index (χ3v) is 10.1. The summed E-state index contributed by atoms with van der Waals surface area (Å²) in [5, 5.41) is 13.3. The van der Waals surface area contributed by atoms with E-state index in [1.807, 2.05) is 24.7 Å². The van der Waals surface area contributed by atoms with E-state index in [9.17, 15) is 0 Å². The molecule has 0 radical (unpaired) electrons. The summed E-state index contributed by atoms with van der Waals surface area (Å²) in [5.41, 5.74) is 1.28. The average Bonchev–Trinajstić information content (AvgIpc) is 3.39. The predicted molar refractivity (Wildman–Crippen MR) is 127 cm³/mol. The zero-order valence-corrected chi connectivity index (χ0v) is 20.5. The van der Waals surface area contributed by atoms with E-state index < -0.39 is 0 Å². The maximum Gasteiger partial charge on any atom is 0.102 e. The van der Waals surface area contributed by atoms with Gasteiger partial charge in [0, 0.05) is 12.7 Å². The van der Waals surface area contributed by atoms with Gasteiger partial charge in [-0.05, 0) is 111 Å². The van der Waals surface area contributed by atoms with Gasteiger partial charge >= 0.3 is 0 Å². The van der Waals surface area contributed by atoms with Gasteiger partial charge in [-0.2, -0.15) is 10.4 Å². The first-order chi connectivity index (χ1) is 15.1. The molecule has 172 valence electrons. The molecular weight excluding hydrogens is 378 g/mol. The monoisotopic (exact) mass is 423 g/mol. The second kappa shape index (κ2) is 9.68. The first kappa shape index (κ1) is 22.9. The fourth-order valence-corrected chi connectivity index (χ4v) is 8.71. The van der Waals surface area contributed by atoms with Crippen LogP contribution in [0.25, 0.3) is 0 Å². The molecule has 0 spiro atoms. The van der Waals surface area contributed by atoms with Crippen molar-refractivity contribution in [3.8, 4) is 6.07 Å². The largest absolute Gasteiger partial charge is 0.271 e. The molecule has 3 nitrogen and oxygen atoms in total. The molecule has 8 atom stereocenters. The molecule has 4 aliphatic rings. The van der Waals surface area contributed by atoms with Crippen LogP contribution in [0.2, 0.25) is 0 Å². The Bertz CT molecular complexity index is 761. The van der Waals surface area contributed by atoms with Gasteiger partial charge in [0.1, 0.15) is 6.07 Å². The lowest BCUT2D eigenvalue weighted by atomic mass is 9.49. The fourth-order valence-electron chi connectivity index (χ4n) is 8.71. The molecule has 31 heavy (non-hydrogen) atoms. The molecule has 1 heterocycles. The van der Waals surface area contributed by atoms with Gasteiger partial charge in [0.25, 0.3) is 0 Å². The van der Waals surface area contributed by atoms with Crippen LogP contribution in [-0.4, -0.2) is 9.78 Å². The van der Waals surface area contributed by atoms with Crippen LogP contribution >= 0.6 is 0 Å². The smallest absolute Gasteiger partial charge is 0.102 e. The maximum atomic E-state index is 8.99. The Balaban J connectivity index is 0.00000112. The number of aryl methyl sites for hydroxylation is 1. The second-order valence-electron chi connectivity index (χ2n) is 11.4. The van der Waals surface area contributed by atoms with Crippen molar-refractivity contribution >= 4 is 0 Å². The molecule has 0 saturated heterocycles. The van der Waals surface area contributed by atoms with Crippen molar-refractivity contribution in [1.82, 2.24) is 9.78 Å². The minimum absolute atomic E-state index is 0.595. The van der Waals surface area contributed by atoms with Crippen LogP contribution in [0.15, 0.2) is 12.4 Å². The quantitative estimate of drug-likeness (QED) is 0.504. The van der Waals surface area contributed by atoms with Gasteiger partial charge in [0.05, 0.1) is 11.8 Å². The molecule has 1 aromatic rings. The number of hydrogen-bond donors (Lipinski definition) is 0. The van der Waals surface area contributed by atoms with E-state index in [0.29, 0.717) is 11.0 Å². The van der Waals surface area contributed by atoms with Crippen LogP contribution < -0.4 is 0 Å². The highest BCUT2D eigenvalue weighted by Gasteiger charge is 2.56. The number of aromatic nitrogens is 2. The van der Waals surface area contributed by atoms with Gasteiger partial charge in [0.15, 0.2) is 0 Å². The molecule has 0 N–H and O–H groups in total. The molecule has 4 aliphatic carbocycles.